The molecule has 1 amide bonds. The van der Waals surface area contributed by atoms with Crippen molar-refractivity contribution in [3.05, 3.63) is 64.7 Å². The maximum atomic E-state index is 11.9. The van der Waals surface area contributed by atoms with Crippen LogP contribution in [0.15, 0.2) is 48.5 Å². The molecule has 0 saturated carbocycles. The number of benzene rings is 2. The quantitative estimate of drug-likeness (QED) is 0.775. The smallest absolute Gasteiger partial charge is 0.338 e. The van der Waals surface area contributed by atoms with E-state index in [0.717, 1.165) is 6.42 Å². The Balaban J connectivity index is 1.86. The van der Waals surface area contributed by atoms with Crippen molar-refractivity contribution in [3.8, 4) is 0 Å². The van der Waals surface area contributed by atoms with Crippen molar-refractivity contribution in [2.24, 2.45) is 0 Å². The average molecular weight is 346 g/mol. The predicted molar refractivity (Wildman–Crippen MR) is 95.5 cm³/mol. The van der Waals surface area contributed by atoms with E-state index >= 15 is 0 Å². The van der Waals surface area contributed by atoms with Gasteiger partial charge in [0.25, 0.3) is 5.91 Å². The number of anilines is 1. The third-order valence-electron chi connectivity index (χ3n) is 3.77. The minimum atomic E-state index is -0.584. The van der Waals surface area contributed by atoms with Crippen LogP contribution in [0.25, 0.3) is 0 Å². The number of carbonyl (C=O) groups excluding carboxylic acids is 2. The number of ether oxygens (including phenoxy) is 1. The average Bonchev–Trinajstić information content (AvgIpc) is 2.59. The number of halogens is 1. The van der Waals surface area contributed by atoms with Gasteiger partial charge in [0, 0.05) is 10.7 Å². The van der Waals surface area contributed by atoms with Gasteiger partial charge in [-0.05, 0) is 48.2 Å². The van der Waals surface area contributed by atoms with Gasteiger partial charge in [-0.1, -0.05) is 43.6 Å². The fourth-order valence-corrected chi connectivity index (χ4v) is 2.35. The van der Waals surface area contributed by atoms with Crippen LogP contribution in [0.5, 0.6) is 0 Å². The second-order valence-corrected chi connectivity index (χ2v) is 6.00. The summed E-state index contributed by atoms with van der Waals surface area (Å²) in [4.78, 5) is 23.7. The Bertz CT molecular complexity index is 713. The first kappa shape index (κ1) is 18.0. The first-order valence-corrected chi connectivity index (χ1v) is 8.20. The Morgan fingerprint density at radius 1 is 1.17 bits per heavy atom. The van der Waals surface area contributed by atoms with E-state index in [1.807, 2.05) is 24.3 Å². The van der Waals surface area contributed by atoms with Crippen molar-refractivity contribution in [1.82, 2.24) is 0 Å². The van der Waals surface area contributed by atoms with Crippen LogP contribution in [0.3, 0.4) is 0 Å². The molecule has 1 atom stereocenters. The van der Waals surface area contributed by atoms with Crippen molar-refractivity contribution >= 4 is 29.2 Å². The number of rotatable bonds is 6. The summed E-state index contributed by atoms with van der Waals surface area (Å²) in [6, 6.07) is 14.1. The summed E-state index contributed by atoms with van der Waals surface area (Å²) in [7, 11) is 0. The zero-order valence-corrected chi connectivity index (χ0v) is 14.5. The summed E-state index contributed by atoms with van der Waals surface area (Å²) in [6.07, 6.45) is 1.06. The molecule has 2 aromatic carbocycles. The third-order valence-corrected chi connectivity index (χ3v) is 4.01. The number of hydrogen-bond donors (Lipinski definition) is 1. The molecule has 0 saturated heterocycles. The van der Waals surface area contributed by atoms with Gasteiger partial charge < -0.3 is 10.1 Å². The van der Waals surface area contributed by atoms with Gasteiger partial charge in [0.2, 0.25) is 0 Å². The number of carbonyl (C=O) groups is 2. The molecule has 0 fully saturated rings. The fraction of sp³-hybridized carbons (Fsp3) is 0.263. The molecule has 0 unspecified atom stereocenters. The highest BCUT2D eigenvalue weighted by atomic mass is 35.5. The van der Waals surface area contributed by atoms with E-state index in [1.54, 1.807) is 18.2 Å². The number of esters is 1. The highest BCUT2D eigenvalue weighted by Crippen LogP contribution is 2.20. The summed E-state index contributed by atoms with van der Waals surface area (Å²) in [6.45, 7) is 3.94. The van der Waals surface area contributed by atoms with Gasteiger partial charge in [-0.25, -0.2) is 4.79 Å². The Morgan fingerprint density at radius 2 is 1.88 bits per heavy atom. The van der Waals surface area contributed by atoms with E-state index in [4.69, 9.17) is 16.3 Å². The zero-order valence-electron chi connectivity index (χ0n) is 13.7. The second kappa shape index (κ2) is 8.50. The van der Waals surface area contributed by atoms with E-state index in [2.05, 4.69) is 19.2 Å². The van der Waals surface area contributed by atoms with Crippen LogP contribution < -0.4 is 5.32 Å². The molecule has 1 N–H and O–H groups in total. The molecule has 5 heteroatoms. The summed E-state index contributed by atoms with van der Waals surface area (Å²) in [5, 5.41) is 3.14. The molecule has 4 nitrogen and oxygen atoms in total. The Labute approximate surface area is 146 Å². The lowest BCUT2D eigenvalue weighted by atomic mass is 9.99. The lowest BCUT2D eigenvalue weighted by Gasteiger charge is -2.10. The molecular weight excluding hydrogens is 326 g/mol. The van der Waals surface area contributed by atoms with E-state index < -0.39 is 5.97 Å². The standard InChI is InChI=1S/C19H20ClNO3/c1-3-13(2)14-7-9-17(10-8-14)21-18(22)12-24-19(23)15-5-4-6-16(20)11-15/h4-11,13H,3,12H2,1-2H3,(H,21,22)/t13-/m0/s1. The fourth-order valence-electron chi connectivity index (χ4n) is 2.16. The predicted octanol–water partition coefficient (Wildman–Crippen LogP) is 4.65. The molecule has 2 rings (SSSR count). The van der Waals surface area contributed by atoms with E-state index in [1.165, 1.54) is 11.6 Å². The lowest BCUT2D eigenvalue weighted by Crippen LogP contribution is -2.20. The van der Waals surface area contributed by atoms with Gasteiger partial charge in [0.05, 0.1) is 5.56 Å². The normalized spacial score (nSPS) is 11.6. The van der Waals surface area contributed by atoms with Crippen LogP contribution in [0.2, 0.25) is 5.02 Å². The molecule has 0 heterocycles. The summed E-state index contributed by atoms with van der Waals surface area (Å²) < 4.78 is 4.99. The SMILES string of the molecule is CC[C@H](C)c1ccc(NC(=O)COC(=O)c2cccc(Cl)c2)cc1. The molecular formula is C19H20ClNO3. The molecule has 0 aliphatic rings. The first-order chi connectivity index (χ1) is 11.5. The Hall–Kier alpha value is -2.33. The van der Waals surface area contributed by atoms with Crippen LogP contribution in [-0.2, 0) is 9.53 Å². The van der Waals surface area contributed by atoms with Gasteiger partial charge in [0.1, 0.15) is 0 Å². The lowest BCUT2D eigenvalue weighted by molar-refractivity contribution is -0.119. The molecule has 2 aromatic rings. The minimum absolute atomic E-state index is 0.313. The molecule has 0 bridgehead atoms. The molecule has 126 valence electrons. The monoisotopic (exact) mass is 345 g/mol. The van der Waals surface area contributed by atoms with Gasteiger partial charge in [-0.3, -0.25) is 4.79 Å². The third kappa shape index (κ3) is 5.10. The molecule has 0 radical (unpaired) electrons. The highest BCUT2D eigenvalue weighted by molar-refractivity contribution is 6.30. The van der Waals surface area contributed by atoms with Crippen LogP contribution in [0, 0.1) is 0 Å². The largest absolute Gasteiger partial charge is 0.452 e. The number of amides is 1. The van der Waals surface area contributed by atoms with Gasteiger partial charge in [-0.2, -0.15) is 0 Å². The Morgan fingerprint density at radius 3 is 2.50 bits per heavy atom. The molecule has 0 aliphatic heterocycles. The zero-order chi connectivity index (χ0) is 17.5. The number of hydrogen-bond acceptors (Lipinski definition) is 3. The Kier molecular flexibility index (Phi) is 6.38. The van der Waals surface area contributed by atoms with E-state index in [9.17, 15) is 9.59 Å². The maximum Gasteiger partial charge on any atom is 0.338 e. The van der Waals surface area contributed by atoms with E-state index in [-0.39, 0.29) is 12.5 Å². The minimum Gasteiger partial charge on any atom is -0.452 e. The molecule has 0 aromatic heterocycles. The first-order valence-electron chi connectivity index (χ1n) is 7.82. The second-order valence-electron chi connectivity index (χ2n) is 5.57. The number of nitrogens with one attached hydrogen (secondary N) is 1. The molecule has 24 heavy (non-hydrogen) atoms. The van der Waals surface area contributed by atoms with Crippen LogP contribution in [0.4, 0.5) is 5.69 Å². The topological polar surface area (TPSA) is 55.4 Å². The van der Waals surface area contributed by atoms with Gasteiger partial charge >= 0.3 is 5.97 Å². The summed E-state index contributed by atoms with van der Waals surface area (Å²) >= 11 is 5.82. The van der Waals surface area contributed by atoms with Crippen LogP contribution in [-0.4, -0.2) is 18.5 Å². The van der Waals surface area contributed by atoms with E-state index in [0.29, 0.717) is 22.2 Å². The van der Waals surface area contributed by atoms with Crippen molar-refractivity contribution in [1.29, 1.82) is 0 Å². The van der Waals surface area contributed by atoms with Crippen molar-refractivity contribution < 1.29 is 14.3 Å². The van der Waals surface area contributed by atoms with Crippen molar-refractivity contribution in [2.75, 3.05) is 11.9 Å². The summed E-state index contributed by atoms with van der Waals surface area (Å²) in [5.74, 6) is -0.491. The van der Waals surface area contributed by atoms with Gasteiger partial charge in [0.15, 0.2) is 6.61 Å². The van der Waals surface area contributed by atoms with Gasteiger partial charge in [-0.15, -0.1) is 0 Å². The molecule has 0 aliphatic carbocycles. The summed E-state index contributed by atoms with van der Waals surface area (Å²) in [5.41, 5.74) is 2.21. The van der Waals surface area contributed by atoms with Crippen molar-refractivity contribution in [3.63, 3.8) is 0 Å². The van der Waals surface area contributed by atoms with Crippen molar-refractivity contribution in [2.45, 2.75) is 26.2 Å². The molecule has 0 spiro atoms. The van der Waals surface area contributed by atoms with Crippen LogP contribution >= 0.6 is 11.6 Å². The maximum absolute atomic E-state index is 11.9. The van der Waals surface area contributed by atoms with Crippen LogP contribution in [0.1, 0.15) is 42.1 Å². The highest BCUT2D eigenvalue weighted by Gasteiger charge is 2.11.